The summed E-state index contributed by atoms with van der Waals surface area (Å²) in [4.78, 5) is 5.25. The molecule has 3 heterocycles. The molecule has 0 saturated carbocycles. The van der Waals surface area contributed by atoms with Crippen molar-refractivity contribution in [2.24, 2.45) is 0 Å². The van der Waals surface area contributed by atoms with Crippen LogP contribution in [0.15, 0.2) is 83.3 Å². The molecular weight excluding hydrogens is 919 g/mol. The molecule has 0 N–H and O–H groups in total. The van der Waals surface area contributed by atoms with Crippen molar-refractivity contribution in [2.45, 2.75) is 212 Å². The van der Waals surface area contributed by atoms with E-state index in [1.54, 1.807) is 0 Å². The Morgan fingerprint density at radius 3 is 1.39 bits per heavy atom. The van der Waals surface area contributed by atoms with Crippen LogP contribution in [0.3, 0.4) is 0 Å². The van der Waals surface area contributed by atoms with Crippen molar-refractivity contribution < 1.29 is 4.42 Å². The van der Waals surface area contributed by atoms with E-state index in [2.05, 4.69) is 206 Å². The third-order valence-electron chi connectivity index (χ3n) is 21.1. The van der Waals surface area contributed by atoms with Gasteiger partial charge in [0, 0.05) is 49.9 Å². The minimum Gasteiger partial charge on any atom is -0.457 e. The molecule has 3 nitrogen and oxygen atoms in total. The van der Waals surface area contributed by atoms with Gasteiger partial charge < -0.3 is 14.2 Å². The zero-order valence-electron chi connectivity index (χ0n) is 47.9. The summed E-state index contributed by atoms with van der Waals surface area (Å²) in [5.41, 5.74) is 26.4. The Morgan fingerprint density at radius 2 is 0.838 bits per heavy atom. The van der Waals surface area contributed by atoms with Crippen LogP contribution in [0.25, 0.3) is 21.9 Å². The molecular formula is C69H80BClN2O. The van der Waals surface area contributed by atoms with E-state index in [1.165, 1.54) is 119 Å². The number of halogens is 1. The molecule has 0 bridgehead atoms. The quantitative estimate of drug-likeness (QED) is 0.161. The van der Waals surface area contributed by atoms with Gasteiger partial charge in [0.2, 0.25) is 0 Å². The van der Waals surface area contributed by atoms with E-state index in [1.807, 2.05) is 0 Å². The van der Waals surface area contributed by atoms with Crippen LogP contribution in [-0.4, -0.2) is 6.71 Å². The molecule has 7 aromatic rings. The van der Waals surface area contributed by atoms with Crippen LogP contribution in [0.1, 0.15) is 212 Å². The number of aryl methyl sites for hydroxylation is 1. The molecule has 0 spiro atoms. The second kappa shape index (κ2) is 15.0. The topological polar surface area (TPSA) is 19.6 Å². The van der Waals surface area contributed by atoms with Gasteiger partial charge in [-0.3, -0.25) is 0 Å². The van der Waals surface area contributed by atoms with E-state index >= 15 is 0 Å². The Kier molecular flexibility index (Phi) is 9.85. The summed E-state index contributed by atoms with van der Waals surface area (Å²) in [7, 11) is 0. The molecule has 4 aliphatic carbocycles. The summed E-state index contributed by atoms with van der Waals surface area (Å²) in [6, 6.07) is 32.3. The number of hydrogen-bond acceptors (Lipinski definition) is 3. The fourth-order valence-electron chi connectivity index (χ4n) is 15.6. The van der Waals surface area contributed by atoms with Crippen molar-refractivity contribution in [1.29, 1.82) is 0 Å². The Labute approximate surface area is 448 Å². The number of furan rings is 1. The van der Waals surface area contributed by atoms with Crippen LogP contribution >= 0.6 is 11.6 Å². The van der Waals surface area contributed by atoms with Gasteiger partial charge in [-0.15, -0.1) is 0 Å². The van der Waals surface area contributed by atoms with Gasteiger partial charge in [0.15, 0.2) is 0 Å². The lowest BCUT2D eigenvalue weighted by Gasteiger charge is -2.48. The second-order valence-corrected chi connectivity index (χ2v) is 30.2. The lowest BCUT2D eigenvalue weighted by molar-refractivity contribution is 0.332. The van der Waals surface area contributed by atoms with E-state index in [4.69, 9.17) is 16.0 Å². The molecule has 13 rings (SSSR count). The highest BCUT2D eigenvalue weighted by atomic mass is 35.5. The molecule has 6 aliphatic rings. The second-order valence-electron chi connectivity index (χ2n) is 29.8. The minimum atomic E-state index is -0.131. The average molecular weight is 1000 g/mol. The molecule has 2 aliphatic heterocycles. The Hall–Kier alpha value is -4.93. The van der Waals surface area contributed by atoms with Gasteiger partial charge in [-0.1, -0.05) is 141 Å². The minimum absolute atomic E-state index is 0.00362. The van der Waals surface area contributed by atoms with Gasteiger partial charge in [0.05, 0.1) is 0 Å². The van der Waals surface area contributed by atoms with Crippen LogP contribution in [0.2, 0.25) is 5.02 Å². The van der Waals surface area contributed by atoms with Gasteiger partial charge in [-0.2, -0.15) is 0 Å². The maximum absolute atomic E-state index is 7.71. The largest absolute Gasteiger partial charge is 0.457 e. The van der Waals surface area contributed by atoms with Crippen LogP contribution in [0.5, 0.6) is 0 Å². The summed E-state index contributed by atoms with van der Waals surface area (Å²) < 4.78 is 7.63. The number of benzene rings is 6. The summed E-state index contributed by atoms with van der Waals surface area (Å²) >= 11 is 7.71. The molecule has 0 fully saturated rings. The predicted octanol–water partition coefficient (Wildman–Crippen LogP) is 18.0. The molecule has 1 aromatic heterocycles. The third-order valence-corrected chi connectivity index (χ3v) is 21.3. The fourth-order valence-corrected chi connectivity index (χ4v) is 15.8. The first-order valence-electron chi connectivity index (χ1n) is 28.4. The molecule has 0 saturated heterocycles. The number of anilines is 6. The lowest BCUT2D eigenvalue weighted by atomic mass is 9.33. The van der Waals surface area contributed by atoms with E-state index < -0.39 is 0 Å². The molecule has 0 radical (unpaired) electrons. The van der Waals surface area contributed by atoms with Crippen molar-refractivity contribution in [3.8, 4) is 0 Å². The highest BCUT2D eigenvalue weighted by Crippen LogP contribution is 2.56. The lowest BCUT2D eigenvalue weighted by Crippen LogP contribution is -2.62. The normalized spacial score (nSPS) is 22.3. The SMILES string of the molecule is Cc1cc2c(cc1N1c3cc(Cl)cc4c3B(c3cc5c(cc3N4c3ccc4c(c3)C(C)(C)CCC4(C)C)C(C)(C)CCC5(C)C)c3c1ccc1c3oc3cc4c(cc31)C(C)(C)CCC4(C)C)C(C)(C)CCC2(C)C. The zero-order chi connectivity index (χ0) is 52.6. The van der Waals surface area contributed by atoms with Crippen LogP contribution in [-0.2, 0) is 43.3 Å². The van der Waals surface area contributed by atoms with Crippen LogP contribution in [0.4, 0.5) is 34.1 Å². The maximum Gasteiger partial charge on any atom is 0.257 e. The van der Waals surface area contributed by atoms with Crippen molar-refractivity contribution in [3.63, 3.8) is 0 Å². The highest BCUT2D eigenvalue weighted by molar-refractivity contribution is 7.01. The molecule has 74 heavy (non-hydrogen) atoms. The Morgan fingerprint density at radius 1 is 0.392 bits per heavy atom. The number of rotatable bonds is 2. The molecule has 0 atom stereocenters. The summed E-state index contributed by atoms with van der Waals surface area (Å²) in [6.45, 7) is 41.5. The van der Waals surface area contributed by atoms with Gasteiger partial charge in [0.25, 0.3) is 6.71 Å². The zero-order valence-corrected chi connectivity index (χ0v) is 48.7. The summed E-state index contributed by atoms with van der Waals surface area (Å²) in [5, 5.41) is 3.17. The fraction of sp³-hybridized carbons (Fsp3) is 0.478. The van der Waals surface area contributed by atoms with E-state index in [-0.39, 0.29) is 50.0 Å². The molecule has 382 valence electrons. The Bertz CT molecular complexity index is 3630. The smallest absolute Gasteiger partial charge is 0.257 e. The number of hydrogen-bond donors (Lipinski definition) is 0. The Balaban J connectivity index is 1.18. The molecule has 5 heteroatoms. The average Bonchev–Trinajstić information content (AvgIpc) is 3.70. The van der Waals surface area contributed by atoms with Gasteiger partial charge >= 0.3 is 0 Å². The van der Waals surface area contributed by atoms with Crippen molar-refractivity contribution in [2.75, 3.05) is 9.80 Å². The van der Waals surface area contributed by atoms with Gasteiger partial charge in [-0.25, -0.2) is 0 Å². The van der Waals surface area contributed by atoms with Crippen molar-refractivity contribution >= 4 is 90.8 Å². The first-order chi connectivity index (χ1) is 34.4. The van der Waals surface area contributed by atoms with E-state index in [0.717, 1.165) is 59.7 Å². The predicted molar refractivity (Wildman–Crippen MR) is 319 cm³/mol. The van der Waals surface area contributed by atoms with E-state index in [0.29, 0.717) is 0 Å². The molecule has 0 amide bonds. The highest BCUT2D eigenvalue weighted by Gasteiger charge is 2.50. The van der Waals surface area contributed by atoms with Crippen LogP contribution < -0.4 is 26.2 Å². The summed E-state index contributed by atoms with van der Waals surface area (Å²) in [6.07, 6.45) is 9.28. The van der Waals surface area contributed by atoms with Crippen LogP contribution in [0, 0.1) is 6.92 Å². The molecule has 0 unspecified atom stereocenters. The van der Waals surface area contributed by atoms with Gasteiger partial charge in [-0.05, 0) is 229 Å². The number of fused-ring (bicyclic) bond motifs is 12. The van der Waals surface area contributed by atoms with Crippen molar-refractivity contribution in [3.05, 3.63) is 134 Å². The monoisotopic (exact) mass is 999 g/mol. The first kappa shape index (κ1) is 48.7. The van der Waals surface area contributed by atoms with Crippen molar-refractivity contribution in [1.82, 2.24) is 0 Å². The number of nitrogens with zero attached hydrogens (tertiary/aromatic N) is 2. The maximum atomic E-state index is 7.71. The summed E-state index contributed by atoms with van der Waals surface area (Å²) in [5.74, 6) is 0. The van der Waals surface area contributed by atoms with Gasteiger partial charge in [0.1, 0.15) is 11.2 Å². The molecule has 6 aromatic carbocycles. The van der Waals surface area contributed by atoms with E-state index in [9.17, 15) is 0 Å². The first-order valence-corrected chi connectivity index (χ1v) is 28.8. The third kappa shape index (κ3) is 6.70. The standard InChI is InChI=1S/C69H80BClN2O/c1-39-30-45-49(67(12,13)27-24-63(45,4)5)36-54(39)73-53-21-19-42-43-34-47-51(69(16,17)29-25-65(47,8)9)38-58(43)74-61(42)60(53)70-52-35-48-50(68(14,15)28-26-66(48,10)11)37-55(52)72(56-31-40(71)32-57(73)59(56)70)41-18-20-44-46(33-41)64(6,7)23-22-62(44,2)3/h18-21,30-38H,22-29H2,1-17H3.